The lowest BCUT2D eigenvalue weighted by Gasteiger charge is -2.45. The minimum absolute atomic E-state index is 0.0130. The Morgan fingerprint density at radius 1 is 0.478 bits per heavy atom. The van der Waals surface area contributed by atoms with E-state index in [4.69, 9.17) is 0 Å². The molecule has 0 radical (unpaired) electrons. The number of nitrogens with zero attached hydrogens (tertiary/aromatic N) is 1. The van der Waals surface area contributed by atoms with Crippen molar-refractivity contribution >= 4 is 64.9 Å². The molecule has 1 aliphatic rings. The summed E-state index contributed by atoms with van der Waals surface area (Å²) in [6.07, 6.45) is 6.07. The Bertz CT molecular complexity index is 3370. The predicted octanol–water partition coefficient (Wildman–Crippen LogP) is 19.8. The zero-order valence-corrected chi connectivity index (χ0v) is 41.8. The first-order chi connectivity index (χ1) is 32.0. The summed E-state index contributed by atoms with van der Waals surface area (Å²) in [6.45, 7) is 23.6. The van der Waals surface area contributed by atoms with Crippen molar-refractivity contribution < 1.29 is 0 Å². The van der Waals surface area contributed by atoms with Gasteiger partial charge in [0.15, 0.2) is 0 Å². The minimum Gasteiger partial charge on any atom is -0.309 e. The summed E-state index contributed by atoms with van der Waals surface area (Å²) in [7, 11) is 0. The lowest BCUT2D eigenvalue weighted by Crippen LogP contribution is -2.34. The van der Waals surface area contributed by atoms with Crippen LogP contribution in [0, 0.1) is 16.2 Å². The number of anilines is 3. The van der Waals surface area contributed by atoms with Crippen LogP contribution in [-0.4, -0.2) is 0 Å². The van der Waals surface area contributed by atoms with E-state index in [1.54, 1.807) is 0 Å². The molecule has 1 aliphatic carbocycles. The third-order valence-electron chi connectivity index (χ3n) is 14.7. The summed E-state index contributed by atoms with van der Waals surface area (Å²) in [5, 5.41) is 5.19. The Balaban J connectivity index is 1.18. The van der Waals surface area contributed by atoms with Crippen LogP contribution in [0.15, 0.2) is 194 Å². The topological polar surface area (TPSA) is 3.24 Å². The van der Waals surface area contributed by atoms with Crippen LogP contribution in [0.5, 0.6) is 0 Å². The van der Waals surface area contributed by atoms with Gasteiger partial charge < -0.3 is 4.90 Å². The fourth-order valence-corrected chi connectivity index (χ4v) is 11.4. The van der Waals surface area contributed by atoms with Gasteiger partial charge in [-0.25, -0.2) is 0 Å². The summed E-state index contributed by atoms with van der Waals surface area (Å²) >= 11 is 1.89. The summed E-state index contributed by atoms with van der Waals surface area (Å²) in [6, 6.07) is 65.9. The fraction of sp³-hybridized carbons (Fsp3) is 0.231. The minimum atomic E-state index is -0.0189. The number of hydrogen-bond acceptors (Lipinski definition) is 2. The Morgan fingerprint density at radius 2 is 1.01 bits per heavy atom. The maximum atomic E-state index is 2.58. The molecular formula is C65H63NS. The Hall–Kier alpha value is -6.48. The van der Waals surface area contributed by atoms with Crippen LogP contribution in [0.3, 0.4) is 0 Å². The number of benzene rings is 8. The molecule has 0 saturated heterocycles. The second-order valence-electron chi connectivity index (χ2n) is 22.1. The average molecular weight is 890 g/mol. The van der Waals surface area contributed by atoms with E-state index in [0.29, 0.717) is 0 Å². The van der Waals surface area contributed by atoms with Crippen LogP contribution in [0.4, 0.5) is 17.1 Å². The van der Waals surface area contributed by atoms with Crippen LogP contribution in [-0.2, 0) is 5.41 Å². The highest BCUT2D eigenvalue weighted by molar-refractivity contribution is 7.26. The molecule has 2 heteroatoms. The average Bonchev–Trinajstić information content (AvgIpc) is 3.70. The van der Waals surface area contributed by atoms with Gasteiger partial charge in [0.2, 0.25) is 0 Å². The molecule has 1 unspecified atom stereocenters. The van der Waals surface area contributed by atoms with Gasteiger partial charge in [-0.15, -0.1) is 11.3 Å². The van der Waals surface area contributed by atoms with E-state index in [1.165, 1.54) is 86.6 Å². The molecule has 0 bridgehead atoms. The highest BCUT2D eigenvalue weighted by Crippen LogP contribution is 2.54. The number of allylic oxidation sites excluding steroid dienone is 4. The van der Waals surface area contributed by atoms with Crippen molar-refractivity contribution in [3.05, 3.63) is 205 Å². The molecular weight excluding hydrogens is 827 g/mol. The van der Waals surface area contributed by atoms with Crippen molar-refractivity contribution in [3.8, 4) is 33.4 Å². The molecule has 334 valence electrons. The summed E-state index contributed by atoms with van der Waals surface area (Å²) in [4.78, 5) is 2.50. The largest absolute Gasteiger partial charge is 0.309 e. The molecule has 0 saturated carbocycles. The number of thiophene rings is 1. The lowest BCUT2D eigenvalue weighted by molar-refractivity contribution is 0.170. The maximum Gasteiger partial charge on any atom is 0.0540 e. The van der Waals surface area contributed by atoms with Crippen LogP contribution < -0.4 is 4.90 Å². The molecule has 0 fully saturated rings. The molecule has 67 heavy (non-hydrogen) atoms. The van der Waals surface area contributed by atoms with E-state index in [9.17, 15) is 0 Å². The van der Waals surface area contributed by atoms with Crippen LogP contribution >= 0.6 is 11.3 Å². The number of fused-ring (bicyclic) bond motifs is 4. The molecule has 1 nitrogen and oxygen atoms in total. The van der Waals surface area contributed by atoms with Gasteiger partial charge in [-0.3, -0.25) is 0 Å². The number of rotatable bonds is 7. The summed E-state index contributed by atoms with van der Waals surface area (Å²) < 4.78 is 2.65. The van der Waals surface area contributed by atoms with E-state index < -0.39 is 0 Å². The van der Waals surface area contributed by atoms with Gasteiger partial charge in [0.25, 0.3) is 0 Å². The van der Waals surface area contributed by atoms with Crippen molar-refractivity contribution in [3.63, 3.8) is 0 Å². The molecule has 1 aromatic heterocycles. The van der Waals surface area contributed by atoms with Crippen molar-refractivity contribution in [2.75, 3.05) is 4.90 Å². The van der Waals surface area contributed by atoms with Crippen LogP contribution in [0.1, 0.15) is 86.8 Å². The zero-order valence-electron chi connectivity index (χ0n) is 41.0. The zero-order chi connectivity index (χ0) is 46.9. The first-order valence-corrected chi connectivity index (χ1v) is 24.9. The van der Waals surface area contributed by atoms with Gasteiger partial charge in [-0.2, -0.15) is 0 Å². The number of hydrogen-bond donors (Lipinski definition) is 0. The van der Waals surface area contributed by atoms with Crippen LogP contribution in [0.2, 0.25) is 0 Å². The van der Waals surface area contributed by atoms with Gasteiger partial charge in [0, 0.05) is 37.0 Å². The molecule has 0 N–H and O–H groups in total. The van der Waals surface area contributed by atoms with Crippen molar-refractivity contribution in [2.24, 2.45) is 16.2 Å². The maximum absolute atomic E-state index is 2.58. The van der Waals surface area contributed by atoms with Gasteiger partial charge in [0.05, 0.1) is 11.4 Å². The SMILES string of the molecule is CC(C)(C)C1=CC(C)(C(C)(C)C)CC(c2cccc3cccc(-c4ccccc4N(c4ccc(-c5cccc6c5sc5ccccc56)cc4)c4ccccc4-c4ccc(C(C)(C)C)cc4)c23)=C1. The predicted molar refractivity (Wildman–Crippen MR) is 294 cm³/mol. The molecule has 9 aromatic rings. The summed E-state index contributed by atoms with van der Waals surface area (Å²) in [5.41, 5.74) is 16.3. The van der Waals surface area contributed by atoms with Crippen molar-refractivity contribution in [1.82, 2.24) is 0 Å². The van der Waals surface area contributed by atoms with E-state index in [1.807, 2.05) is 11.3 Å². The first kappa shape index (κ1) is 44.4. The van der Waals surface area contributed by atoms with Gasteiger partial charge >= 0.3 is 0 Å². The van der Waals surface area contributed by atoms with Gasteiger partial charge in [-0.1, -0.05) is 227 Å². The number of para-hydroxylation sites is 2. The second kappa shape index (κ2) is 16.7. The van der Waals surface area contributed by atoms with Crippen molar-refractivity contribution in [1.29, 1.82) is 0 Å². The summed E-state index contributed by atoms with van der Waals surface area (Å²) in [5.74, 6) is 0. The van der Waals surface area contributed by atoms with E-state index in [-0.39, 0.29) is 21.7 Å². The molecule has 0 aliphatic heterocycles. The van der Waals surface area contributed by atoms with Crippen LogP contribution in [0.25, 0.3) is 69.9 Å². The highest BCUT2D eigenvalue weighted by Gasteiger charge is 2.40. The molecule has 0 spiro atoms. The quantitative estimate of drug-likeness (QED) is 0.154. The molecule has 0 amide bonds. The van der Waals surface area contributed by atoms with Crippen molar-refractivity contribution in [2.45, 2.75) is 81.1 Å². The second-order valence-corrected chi connectivity index (χ2v) is 23.1. The molecule has 10 rings (SSSR count). The third kappa shape index (κ3) is 8.14. The first-order valence-electron chi connectivity index (χ1n) is 24.0. The van der Waals surface area contributed by atoms with E-state index in [2.05, 4.69) is 262 Å². The molecule has 1 heterocycles. The standard InChI is InChI=1S/C65H63NS/c1-62(2,3)47-36-32-43(33-37-47)50-22-11-14-29-57(50)66(49-38-34-44(35-39-49)52-26-19-28-56-54-24-13-16-31-59(54)67-61(52)56)58-30-15-12-23-53(58)55-27-18-21-45-20-17-25-51(60(45)55)46-40-48(63(4,5)6)42-65(10,41-46)64(7,8)9/h11-40,42H,41H2,1-10H3. The van der Waals surface area contributed by atoms with Gasteiger partial charge in [0.1, 0.15) is 0 Å². The third-order valence-corrected chi connectivity index (χ3v) is 15.9. The fourth-order valence-electron chi connectivity index (χ4n) is 10.1. The monoisotopic (exact) mass is 889 g/mol. The van der Waals surface area contributed by atoms with E-state index >= 15 is 0 Å². The Labute approximate surface area is 403 Å². The smallest absolute Gasteiger partial charge is 0.0540 e. The molecule has 1 atom stereocenters. The normalized spacial score (nSPS) is 15.8. The lowest BCUT2D eigenvalue weighted by atomic mass is 9.60. The molecule has 8 aromatic carbocycles. The highest BCUT2D eigenvalue weighted by atomic mass is 32.1. The van der Waals surface area contributed by atoms with E-state index in [0.717, 1.165) is 23.5 Å². The Morgan fingerprint density at radius 3 is 1.69 bits per heavy atom. The van der Waals surface area contributed by atoms with Gasteiger partial charge in [-0.05, 0) is 114 Å². The Kier molecular flexibility index (Phi) is 11.0.